The van der Waals surface area contributed by atoms with E-state index < -0.39 is 0 Å². The predicted octanol–water partition coefficient (Wildman–Crippen LogP) is 2.61. The lowest BCUT2D eigenvalue weighted by molar-refractivity contribution is -0.119. The van der Waals surface area contributed by atoms with Crippen molar-refractivity contribution in [1.82, 2.24) is 4.98 Å². The van der Waals surface area contributed by atoms with E-state index in [1.807, 2.05) is 31.2 Å². The first-order valence-corrected chi connectivity index (χ1v) is 6.89. The third kappa shape index (κ3) is 3.05. The van der Waals surface area contributed by atoms with E-state index >= 15 is 0 Å². The first kappa shape index (κ1) is 13.0. The number of anilines is 1. The molecule has 2 rings (SSSR count). The second-order valence-electron chi connectivity index (χ2n) is 4.31. The van der Waals surface area contributed by atoms with Crippen molar-refractivity contribution in [2.24, 2.45) is 11.7 Å². The van der Waals surface area contributed by atoms with Gasteiger partial charge in [-0.3, -0.25) is 4.79 Å². The Labute approximate surface area is 110 Å². The molecule has 1 atom stereocenters. The summed E-state index contributed by atoms with van der Waals surface area (Å²) < 4.78 is 1.09. The average Bonchev–Trinajstić information content (AvgIpc) is 2.77. The average molecular weight is 263 g/mol. The first-order chi connectivity index (χ1) is 8.70. The maximum atomic E-state index is 11.9. The van der Waals surface area contributed by atoms with E-state index in [0.717, 1.165) is 23.1 Å². The van der Waals surface area contributed by atoms with E-state index in [1.165, 1.54) is 11.3 Å². The quantitative estimate of drug-likeness (QED) is 0.871. The minimum Gasteiger partial charge on any atom is -0.330 e. The van der Waals surface area contributed by atoms with Gasteiger partial charge in [-0.25, -0.2) is 4.98 Å². The molecule has 18 heavy (non-hydrogen) atoms. The predicted molar refractivity (Wildman–Crippen MR) is 75.7 cm³/mol. The summed E-state index contributed by atoms with van der Waals surface area (Å²) in [5.41, 5.74) is 6.36. The van der Waals surface area contributed by atoms with E-state index in [0.29, 0.717) is 11.7 Å². The van der Waals surface area contributed by atoms with Crippen molar-refractivity contribution >= 4 is 32.6 Å². The standard InChI is InChI=1S/C13H17N3OS/c1-9(5-4-8-14)12(17)16-13-15-10-6-2-3-7-11(10)18-13/h2-3,6-7,9H,4-5,8,14H2,1H3,(H,15,16,17). The van der Waals surface area contributed by atoms with Crippen LogP contribution in [0, 0.1) is 5.92 Å². The number of nitrogens with one attached hydrogen (secondary N) is 1. The van der Waals surface area contributed by atoms with Gasteiger partial charge >= 0.3 is 0 Å². The fourth-order valence-corrected chi connectivity index (χ4v) is 2.58. The smallest absolute Gasteiger partial charge is 0.228 e. The van der Waals surface area contributed by atoms with Gasteiger partial charge in [0.2, 0.25) is 5.91 Å². The molecule has 3 N–H and O–H groups in total. The molecule has 1 amide bonds. The normalized spacial score (nSPS) is 12.6. The molecule has 1 aromatic carbocycles. The number of fused-ring (bicyclic) bond motifs is 1. The highest BCUT2D eigenvalue weighted by Crippen LogP contribution is 2.25. The molecule has 5 heteroatoms. The van der Waals surface area contributed by atoms with Crippen LogP contribution in [0.25, 0.3) is 10.2 Å². The van der Waals surface area contributed by atoms with E-state index in [4.69, 9.17) is 5.73 Å². The van der Waals surface area contributed by atoms with Crippen LogP contribution in [-0.4, -0.2) is 17.4 Å². The highest BCUT2D eigenvalue weighted by Gasteiger charge is 2.14. The number of hydrogen-bond donors (Lipinski definition) is 2. The molecule has 96 valence electrons. The van der Waals surface area contributed by atoms with Crippen LogP contribution in [0.4, 0.5) is 5.13 Å². The molecule has 1 aromatic heterocycles. The van der Waals surface area contributed by atoms with Crippen molar-refractivity contribution < 1.29 is 4.79 Å². The summed E-state index contributed by atoms with van der Waals surface area (Å²) in [4.78, 5) is 16.3. The van der Waals surface area contributed by atoms with Gasteiger partial charge in [-0.1, -0.05) is 30.4 Å². The van der Waals surface area contributed by atoms with Gasteiger partial charge in [0.25, 0.3) is 0 Å². The van der Waals surface area contributed by atoms with Crippen molar-refractivity contribution in [1.29, 1.82) is 0 Å². The van der Waals surface area contributed by atoms with Gasteiger partial charge in [0, 0.05) is 5.92 Å². The number of nitrogens with two attached hydrogens (primary N) is 1. The fourth-order valence-electron chi connectivity index (χ4n) is 1.71. The van der Waals surface area contributed by atoms with E-state index in [9.17, 15) is 4.79 Å². The lowest BCUT2D eigenvalue weighted by atomic mass is 10.1. The summed E-state index contributed by atoms with van der Waals surface area (Å²) in [5.74, 6) is -0.0110. The van der Waals surface area contributed by atoms with Gasteiger partial charge in [0.1, 0.15) is 0 Å². The number of hydrogen-bond acceptors (Lipinski definition) is 4. The molecule has 0 spiro atoms. The number of para-hydroxylation sites is 1. The number of benzene rings is 1. The van der Waals surface area contributed by atoms with E-state index in [-0.39, 0.29) is 11.8 Å². The molecular formula is C13H17N3OS. The molecule has 1 unspecified atom stereocenters. The Hall–Kier alpha value is -1.46. The maximum Gasteiger partial charge on any atom is 0.228 e. The number of rotatable bonds is 5. The van der Waals surface area contributed by atoms with Crippen molar-refractivity contribution in [2.75, 3.05) is 11.9 Å². The molecule has 0 aliphatic carbocycles. The van der Waals surface area contributed by atoms with E-state index in [2.05, 4.69) is 10.3 Å². The van der Waals surface area contributed by atoms with E-state index in [1.54, 1.807) is 0 Å². The number of nitrogens with zero attached hydrogens (tertiary/aromatic N) is 1. The Morgan fingerprint density at radius 1 is 1.50 bits per heavy atom. The molecular weight excluding hydrogens is 246 g/mol. The van der Waals surface area contributed by atoms with Gasteiger partial charge in [0.05, 0.1) is 10.2 Å². The summed E-state index contributed by atoms with van der Waals surface area (Å²) in [7, 11) is 0. The zero-order chi connectivity index (χ0) is 13.0. The molecule has 0 aliphatic heterocycles. The van der Waals surface area contributed by atoms with Crippen LogP contribution in [-0.2, 0) is 4.79 Å². The zero-order valence-corrected chi connectivity index (χ0v) is 11.2. The topological polar surface area (TPSA) is 68.0 Å². The lowest BCUT2D eigenvalue weighted by Gasteiger charge is -2.09. The Bertz CT molecular complexity index is 505. The van der Waals surface area contributed by atoms with Crippen molar-refractivity contribution in [3.63, 3.8) is 0 Å². The van der Waals surface area contributed by atoms with Crippen molar-refractivity contribution in [3.8, 4) is 0 Å². The lowest BCUT2D eigenvalue weighted by Crippen LogP contribution is -2.21. The molecule has 0 saturated carbocycles. The second kappa shape index (κ2) is 5.93. The Kier molecular flexibility index (Phi) is 4.28. The summed E-state index contributed by atoms with van der Waals surface area (Å²) in [6, 6.07) is 7.85. The van der Waals surface area contributed by atoms with Gasteiger partial charge in [-0.15, -0.1) is 0 Å². The number of aromatic nitrogens is 1. The second-order valence-corrected chi connectivity index (χ2v) is 5.34. The SMILES string of the molecule is CC(CCCN)C(=O)Nc1nc2ccccc2s1. The third-order valence-electron chi connectivity index (χ3n) is 2.81. The third-order valence-corrected chi connectivity index (χ3v) is 3.76. The minimum absolute atomic E-state index is 0.0162. The number of carbonyl (C=O) groups excluding carboxylic acids is 1. The maximum absolute atomic E-state index is 11.9. The zero-order valence-electron chi connectivity index (χ0n) is 10.3. The van der Waals surface area contributed by atoms with Crippen LogP contribution in [0.1, 0.15) is 19.8 Å². The van der Waals surface area contributed by atoms with Crippen LogP contribution >= 0.6 is 11.3 Å². The highest BCUT2D eigenvalue weighted by molar-refractivity contribution is 7.22. The van der Waals surface area contributed by atoms with Crippen LogP contribution < -0.4 is 11.1 Å². The monoisotopic (exact) mass is 263 g/mol. The van der Waals surface area contributed by atoms with Gasteiger partial charge in [-0.2, -0.15) is 0 Å². The molecule has 0 bridgehead atoms. The molecule has 0 fully saturated rings. The van der Waals surface area contributed by atoms with Crippen LogP contribution in [0.15, 0.2) is 24.3 Å². The summed E-state index contributed by atoms with van der Waals surface area (Å²) >= 11 is 1.50. The summed E-state index contributed by atoms with van der Waals surface area (Å²) in [6.07, 6.45) is 1.68. The Balaban J connectivity index is 2.02. The Morgan fingerprint density at radius 2 is 2.28 bits per heavy atom. The van der Waals surface area contributed by atoms with Gasteiger partial charge in [0.15, 0.2) is 5.13 Å². The van der Waals surface area contributed by atoms with Gasteiger partial charge < -0.3 is 11.1 Å². The molecule has 0 saturated heterocycles. The molecule has 1 heterocycles. The van der Waals surface area contributed by atoms with Crippen LogP contribution in [0.3, 0.4) is 0 Å². The summed E-state index contributed by atoms with van der Waals surface area (Å²) in [5, 5.41) is 3.54. The van der Waals surface area contributed by atoms with Crippen LogP contribution in [0.2, 0.25) is 0 Å². The van der Waals surface area contributed by atoms with Gasteiger partial charge in [-0.05, 0) is 31.5 Å². The molecule has 0 radical (unpaired) electrons. The largest absolute Gasteiger partial charge is 0.330 e. The highest BCUT2D eigenvalue weighted by atomic mass is 32.1. The van der Waals surface area contributed by atoms with Crippen molar-refractivity contribution in [3.05, 3.63) is 24.3 Å². The molecule has 2 aromatic rings. The van der Waals surface area contributed by atoms with Crippen LogP contribution in [0.5, 0.6) is 0 Å². The molecule has 0 aliphatic rings. The number of amides is 1. The minimum atomic E-state index is -0.0273. The number of carbonyl (C=O) groups is 1. The fraction of sp³-hybridized carbons (Fsp3) is 0.385. The Morgan fingerprint density at radius 3 is 3.00 bits per heavy atom. The number of thiazole rings is 1. The summed E-state index contributed by atoms with van der Waals surface area (Å²) in [6.45, 7) is 2.54. The van der Waals surface area contributed by atoms with Crippen molar-refractivity contribution in [2.45, 2.75) is 19.8 Å². The molecule has 4 nitrogen and oxygen atoms in total. The first-order valence-electron chi connectivity index (χ1n) is 6.07.